The average Bonchev–Trinajstić information content (AvgIpc) is 2.71. The van der Waals surface area contributed by atoms with Crippen LogP contribution in [0.3, 0.4) is 0 Å². The first-order valence-electron chi connectivity index (χ1n) is 5.96. The second kappa shape index (κ2) is 4.84. The second-order valence-corrected chi connectivity index (χ2v) is 4.84. The molecule has 0 aliphatic carbocycles. The van der Waals surface area contributed by atoms with E-state index in [2.05, 4.69) is 16.8 Å². The van der Waals surface area contributed by atoms with Gasteiger partial charge in [0.25, 0.3) is 0 Å². The summed E-state index contributed by atoms with van der Waals surface area (Å²) in [6.07, 6.45) is 3.60. The van der Waals surface area contributed by atoms with Gasteiger partial charge in [-0.1, -0.05) is 13.0 Å². The van der Waals surface area contributed by atoms with E-state index < -0.39 is 5.97 Å². The number of pyridine rings is 1. The van der Waals surface area contributed by atoms with Gasteiger partial charge in [0.2, 0.25) is 0 Å². The van der Waals surface area contributed by atoms with Crippen molar-refractivity contribution >= 4 is 5.97 Å². The molecule has 1 aromatic heterocycles. The van der Waals surface area contributed by atoms with Gasteiger partial charge in [0.05, 0.1) is 5.92 Å². The van der Waals surface area contributed by atoms with Crippen LogP contribution in [0.1, 0.15) is 25.5 Å². The molecule has 4 nitrogen and oxygen atoms in total. The minimum atomic E-state index is -0.682. The Bertz CT molecular complexity index is 394. The molecule has 0 saturated carbocycles. The molecule has 2 heterocycles. The van der Waals surface area contributed by atoms with Crippen molar-refractivity contribution in [3.63, 3.8) is 0 Å². The van der Waals surface area contributed by atoms with Crippen LogP contribution in [0.15, 0.2) is 24.5 Å². The molecule has 3 atom stereocenters. The Morgan fingerprint density at radius 1 is 1.59 bits per heavy atom. The fraction of sp³-hybridized carbons (Fsp3) is 0.538. The van der Waals surface area contributed by atoms with E-state index in [4.69, 9.17) is 5.11 Å². The lowest BCUT2D eigenvalue weighted by molar-refractivity contribution is -0.142. The topological polar surface area (TPSA) is 53.4 Å². The Morgan fingerprint density at radius 2 is 2.35 bits per heavy atom. The quantitative estimate of drug-likeness (QED) is 0.866. The molecule has 3 unspecified atom stereocenters. The molecule has 1 saturated heterocycles. The van der Waals surface area contributed by atoms with E-state index in [1.54, 1.807) is 6.20 Å². The number of carbonyl (C=O) groups is 1. The van der Waals surface area contributed by atoms with Gasteiger partial charge < -0.3 is 5.11 Å². The van der Waals surface area contributed by atoms with Crippen LogP contribution < -0.4 is 0 Å². The van der Waals surface area contributed by atoms with E-state index in [-0.39, 0.29) is 17.9 Å². The van der Waals surface area contributed by atoms with Crippen molar-refractivity contribution in [3.8, 4) is 0 Å². The second-order valence-electron chi connectivity index (χ2n) is 4.84. The SMILES string of the molecule is CC1CN(C(C)c2cccnc2)CC1C(=O)O. The standard InChI is InChI=1S/C13H18N2O2/c1-9-7-15(8-12(9)13(16)17)10(2)11-4-3-5-14-6-11/h3-6,9-10,12H,7-8H2,1-2H3,(H,16,17). The van der Waals surface area contributed by atoms with Crippen molar-refractivity contribution in [2.75, 3.05) is 13.1 Å². The number of carboxylic acid groups (broad SMARTS) is 1. The first-order chi connectivity index (χ1) is 8.09. The van der Waals surface area contributed by atoms with Crippen LogP contribution >= 0.6 is 0 Å². The molecule has 1 N–H and O–H groups in total. The van der Waals surface area contributed by atoms with E-state index in [1.165, 1.54) is 0 Å². The van der Waals surface area contributed by atoms with Crippen LogP contribution in [0.5, 0.6) is 0 Å². The number of aliphatic carboxylic acids is 1. The van der Waals surface area contributed by atoms with E-state index in [0.29, 0.717) is 6.54 Å². The molecule has 0 radical (unpaired) electrons. The Hall–Kier alpha value is -1.42. The van der Waals surface area contributed by atoms with Crippen molar-refractivity contribution in [2.45, 2.75) is 19.9 Å². The summed E-state index contributed by atoms with van der Waals surface area (Å²) in [6, 6.07) is 4.19. The highest BCUT2D eigenvalue weighted by molar-refractivity contribution is 5.71. The third kappa shape index (κ3) is 2.47. The van der Waals surface area contributed by atoms with Gasteiger partial charge >= 0.3 is 5.97 Å². The molecule has 92 valence electrons. The van der Waals surface area contributed by atoms with Gasteiger partial charge in [-0.05, 0) is 24.5 Å². The normalized spacial score (nSPS) is 26.9. The molecule has 1 aliphatic rings. The van der Waals surface area contributed by atoms with Gasteiger partial charge in [-0.25, -0.2) is 0 Å². The largest absolute Gasteiger partial charge is 0.481 e. The zero-order valence-corrected chi connectivity index (χ0v) is 10.2. The van der Waals surface area contributed by atoms with Crippen LogP contribution in [0.25, 0.3) is 0 Å². The van der Waals surface area contributed by atoms with Gasteiger partial charge in [-0.2, -0.15) is 0 Å². The van der Waals surface area contributed by atoms with Crippen molar-refractivity contribution in [3.05, 3.63) is 30.1 Å². The van der Waals surface area contributed by atoms with Crippen LogP contribution in [-0.2, 0) is 4.79 Å². The highest BCUT2D eigenvalue weighted by Gasteiger charge is 2.36. The van der Waals surface area contributed by atoms with Crippen molar-refractivity contribution in [1.82, 2.24) is 9.88 Å². The van der Waals surface area contributed by atoms with Crippen molar-refractivity contribution in [2.24, 2.45) is 11.8 Å². The third-order valence-electron chi connectivity index (χ3n) is 3.67. The highest BCUT2D eigenvalue weighted by Crippen LogP contribution is 2.30. The Morgan fingerprint density at radius 3 is 2.88 bits per heavy atom. The summed E-state index contributed by atoms with van der Waals surface area (Å²) in [5.41, 5.74) is 1.14. The molecule has 1 aromatic rings. The Labute approximate surface area is 101 Å². The van der Waals surface area contributed by atoms with Crippen molar-refractivity contribution in [1.29, 1.82) is 0 Å². The molecule has 0 bridgehead atoms. The van der Waals surface area contributed by atoms with Gasteiger partial charge in [0.15, 0.2) is 0 Å². The van der Waals surface area contributed by atoms with E-state index in [9.17, 15) is 4.79 Å². The Balaban J connectivity index is 2.08. The van der Waals surface area contributed by atoms with Gasteiger partial charge in [0.1, 0.15) is 0 Å². The van der Waals surface area contributed by atoms with Gasteiger partial charge in [-0.15, -0.1) is 0 Å². The van der Waals surface area contributed by atoms with Gasteiger partial charge in [-0.3, -0.25) is 14.7 Å². The molecule has 0 amide bonds. The number of hydrogen-bond donors (Lipinski definition) is 1. The number of aromatic nitrogens is 1. The summed E-state index contributed by atoms with van der Waals surface area (Å²) >= 11 is 0. The number of nitrogens with zero attached hydrogens (tertiary/aromatic N) is 2. The summed E-state index contributed by atoms with van der Waals surface area (Å²) in [5, 5.41) is 9.11. The summed E-state index contributed by atoms with van der Waals surface area (Å²) in [5.74, 6) is -0.709. The maximum Gasteiger partial charge on any atom is 0.308 e. The number of likely N-dealkylation sites (tertiary alicyclic amines) is 1. The fourth-order valence-corrected chi connectivity index (χ4v) is 2.48. The maximum absolute atomic E-state index is 11.1. The maximum atomic E-state index is 11.1. The first kappa shape index (κ1) is 12.0. The van der Waals surface area contributed by atoms with E-state index in [1.807, 2.05) is 25.3 Å². The summed E-state index contributed by atoms with van der Waals surface area (Å²) in [4.78, 5) is 17.4. The smallest absolute Gasteiger partial charge is 0.308 e. The highest BCUT2D eigenvalue weighted by atomic mass is 16.4. The molecular weight excluding hydrogens is 216 g/mol. The van der Waals surface area contributed by atoms with E-state index in [0.717, 1.165) is 12.1 Å². The summed E-state index contributed by atoms with van der Waals surface area (Å²) < 4.78 is 0. The zero-order chi connectivity index (χ0) is 12.4. The molecule has 2 rings (SSSR count). The molecular formula is C13H18N2O2. The predicted octanol–water partition coefficient (Wildman–Crippen LogP) is 1.80. The fourth-order valence-electron chi connectivity index (χ4n) is 2.48. The Kier molecular flexibility index (Phi) is 3.43. The number of hydrogen-bond acceptors (Lipinski definition) is 3. The van der Waals surface area contributed by atoms with Crippen LogP contribution in [-0.4, -0.2) is 34.0 Å². The first-order valence-corrected chi connectivity index (χ1v) is 5.96. The molecule has 0 aromatic carbocycles. The number of rotatable bonds is 3. The minimum Gasteiger partial charge on any atom is -0.481 e. The minimum absolute atomic E-state index is 0.214. The lowest BCUT2D eigenvalue weighted by Crippen LogP contribution is -2.26. The van der Waals surface area contributed by atoms with E-state index >= 15 is 0 Å². The molecule has 17 heavy (non-hydrogen) atoms. The van der Waals surface area contributed by atoms with Crippen LogP contribution in [0, 0.1) is 11.8 Å². The summed E-state index contributed by atoms with van der Waals surface area (Å²) in [6.45, 7) is 5.59. The van der Waals surface area contributed by atoms with Crippen molar-refractivity contribution < 1.29 is 9.90 Å². The van der Waals surface area contributed by atoms with Gasteiger partial charge in [0, 0.05) is 31.5 Å². The lowest BCUT2D eigenvalue weighted by atomic mass is 9.99. The average molecular weight is 234 g/mol. The molecule has 4 heteroatoms. The number of carboxylic acids is 1. The monoisotopic (exact) mass is 234 g/mol. The molecule has 1 fully saturated rings. The lowest BCUT2D eigenvalue weighted by Gasteiger charge is -2.24. The molecule has 1 aliphatic heterocycles. The van der Waals surface area contributed by atoms with Crippen LogP contribution in [0.4, 0.5) is 0 Å². The predicted molar refractivity (Wildman–Crippen MR) is 64.5 cm³/mol. The third-order valence-corrected chi connectivity index (χ3v) is 3.67. The van der Waals surface area contributed by atoms with Crippen LogP contribution in [0.2, 0.25) is 0 Å². The zero-order valence-electron chi connectivity index (χ0n) is 10.2. The molecule has 0 spiro atoms. The summed E-state index contributed by atoms with van der Waals surface area (Å²) in [7, 11) is 0.